The summed E-state index contributed by atoms with van der Waals surface area (Å²) in [5, 5.41) is 9.31. The highest BCUT2D eigenvalue weighted by atomic mass is 16.3. The van der Waals surface area contributed by atoms with E-state index in [1.165, 1.54) is 5.56 Å². The number of hydrogen-bond donors (Lipinski definition) is 1. The molecule has 0 saturated carbocycles. The molecule has 1 unspecified atom stereocenters. The van der Waals surface area contributed by atoms with Crippen LogP contribution in [0, 0.1) is 0 Å². The predicted molar refractivity (Wildman–Crippen MR) is 68.3 cm³/mol. The van der Waals surface area contributed by atoms with E-state index in [-0.39, 0.29) is 6.10 Å². The quantitative estimate of drug-likeness (QED) is 0.765. The van der Waals surface area contributed by atoms with Gasteiger partial charge in [-0.25, -0.2) is 0 Å². The zero-order valence-electron chi connectivity index (χ0n) is 10.4. The van der Waals surface area contributed by atoms with E-state index in [1.807, 2.05) is 13.0 Å². The Morgan fingerprint density at radius 3 is 2.44 bits per heavy atom. The number of benzene rings is 1. The molecule has 1 aromatic rings. The Morgan fingerprint density at radius 2 is 1.88 bits per heavy atom. The molecule has 2 heteroatoms. The van der Waals surface area contributed by atoms with Gasteiger partial charge in [0, 0.05) is 13.1 Å². The third-order valence-corrected chi connectivity index (χ3v) is 2.65. The van der Waals surface area contributed by atoms with Crippen molar-refractivity contribution in [3.05, 3.63) is 35.9 Å². The van der Waals surface area contributed by atoms with Crippen molar-refractivity contribution >= 4 is 0 Å². The third-order valence-electron chi connectivity index (χ3n) is 2.65. The van der Waals surface area contributed by atoms with Gasteiger partial charge in [0.05, 0.1) is 6.10 Å². The van der Waals surface area contributed by atoms with Crippen molar-refractivity contribution in [3.63, 3.8) is 0 Å². The lowest BCUT2D eigenvalue weighted by Crippen LogP contribution is -2.27. The first-order valence-corrected chi connectivity index (χ1v) is 6.16. The van der Waals surface area contributed by atoms with E-state index in [0.29, 0.717) is 0 Å². The summed E-state index contributed by atoms with van der Waals surface area (Å²) in [7, 11) is 0. The zero-order valence-corrected chi connectivity index (χ0v) is 10.4. The summed E-state index contributed by atoms with van der Waals surface area (Å²) >= 11 is 0. The highest BCUT2D eigenvalue weighted by molar-refractivity contribution is 5.14. The molecule has 0 aliphatic carbocycles. The minimum Gasteiger partial charge on any atom is -0.393 e. The molecule has 1 N–H and O–H groups in total. The summed E-state index contributed by atoms with van der Waals surface area (Å²) < 4.78 is 0. The zero-order chi connectivity index (χ0) is 11.8. The second-order valence-electron chi connectivity index (χ2n) is 4.40. The van der Waals surface area contributed by atoms with E-state index >= 15 is 0 Å². The van der Waals surface area contributed by atoms with Gasteiger partial charge in [-0.05, 0) is 31.9 Å². The van der Waals surface area contributed by atoms with E-state index in [4.69, 9.17) is 0 Å². The summed E-state index contributed by atoms with van der Waals surface area (Å²) in [6.45, 7) is 7.11. The molecule has 0 heterocycles. The van der Waals surface area contributed by atoms with Crippen LogP contribution in [0.1, 0.15) is 32.3 Å². The molecule has 90 valence electrons. The largest absolute Gasteiger partial charge is 0.393 e. The summed E-state index contributed by atoms with van der Waals surface area (Å²) in [4.78, 5) is 2.40. The van der Waals surface area contributed by atoms with Crippen molar-refractivity contribution in [1.29, 1.82) is 0 Å². The van der Waals surface area contributed by atoms with Gasteiger partial charge in [-0.2, -0.15) is 0 Å². The van der Waals surface area contributed by atoms with Gasteiger partial charge >= 0.3 is 0 Å². The van der Waals surface area contributed by atoms with Crippen LogP contribution in [-0.2, 0) is 6.54 Å². The van der Waals surface area contributed by atoms with Crippen molar-refractivity contribution in [3.8, 4) is 0 Å². The summed E-state index contributed by atoms with van der Waals surface area (Å²) in [6, 6.07) is 10.5. The topological polar surface area (TPSA) is 23.5 Å². The van der Waals surface area contributed by atoms with Crippen molar-refractivity contribution in [2.45, 2.75) is 39.3 Å². The van der Waals surface area contributed by atoms with Crippen molar-refractivity contribution in [2.75, 3.05) is 13.1 Å². The van der Waals surface area contributed by atoms with Crippen molar-refractivity contribution in [1.82, 2.24) is 4.90 Å². The Hall–Kier alpha value is -0.860. The predicted octanol–water partition coefficient (Wildman–Crippen LogP) is 2.67. The van der Waals surface area contributed by atoms with Crippen molar-refractivity contribution in [2.24, 2.45) is 0 Å². The SMILES string of the molecule is CCCN(CCC(C)O)Cc1ccccc1. The minimum atomic E-state index is -0.199. The Morgan fingerprint density at radius 1 is 1.19 bits per heavy atom. The fraction of sp³-hybridized carbons (Fsp3) is 0.571. The summed E-state index contributed by atoms with van der Waals surface area (Å²) in [5.74, 6) is 0. The average Bonchev–Trinajstić information content (AvgIpc) is 2.27. The molecular formula is C14H23NO. The highest BCUT2D eigenvalue weighted by Gasteiger charge is 2.06. The van der Waals surface area contributed by atoms with Gasteiger partial charge in [-0.15, -0.1) is 0 Å². The molecule has 2 nitrogen and oxygen atoms in total. The molecule has 1 atom stereocenters. The monoisotopic (exact) mass is 221 g/mol. The maximum Gasteiger partial charge on any atom is 0.0524 e. The lowest BCUT2D eigenvalue weighted by molar-refractivity contribution is 0.153. The normalized spacial score (nSPS) is 13.0. The fourth-order valence-corrected chi connectivity index (χ4v) is 1.80. The maximum absolute atomic E-state index is 9.31. The van der Waals surface area contributed by atoms with E-state index < -0.39 is 0 Å². The van der Waals surface area contributed by atoms with E-state index in [1.54, 1.807) is 0 Å². The Labute approximate surface area is 98.9 Å². The van der Waals surface area contributed by atoms with Crippen LogP contribution in [0.2, 0.25) is 0 Å². The third kappa shape index (κ3) is 5.29. The first-order valence-electron chi connectivity index (χ1n) is 6.16. The number of aliphatic hydroxyl groups excluding tert-OH is 1. The van der Waals surface area contributed by atoms with Crippen LogP contribution in [0.3, 0.4) is 0 Å². The maximum atomic E-state index is 9.31. The van der Waals surface area contributed by atoms with Crippen LogP contribution in [0.15, 0.2) is 30.3 Å². The molecule has 0 amide bonds. The van der Waals surface area contributed by atoms with Gasteiger partial charge in [0.15, 0.2) is 0 Å². The molecule has 0 radical (unpaired) electrons. The second-order valence-corrected chi connectivity index (χ2v) is 4.40. The Kier molecular flexibility index (Phi) is 6.12. The first-order chi connectivity index (χ1) is 7.72. The molecular weight excluding hydrogens is 198 g/mol. The molecule has 0 saturated heterocycles. The molecule has 16 heavy (non-hydrogen) atoms. The fourth-order valence-electron chi connectivity index (χ4n) is 1.80. The molecule has 0 aromatic heterocycles. The molecule has 0 spiro atoms. The molecule has 1 rings (SSSR count). The van der Waals surface area contributed by atoms with Gasteiger partial charge in [-0.3, -0.25) is 4.90 Å². The van der Waals surface area contributed by atoms with E-state index in [0.717, 1.165) is 32.5 Å². The van der Waals surface area contributed by atoms with Crippen LogP contribution in [0.25, 0.3) is 0 Å². The number of nitrogens with zero attached hydrogens (tertiary/aromatic N) is 1. The van der Waals surface area contributed by atoms with Crippen LogP contribution < -0.4 is 0 Å². The number of hydrogen-bond acceptors (Lipinski definition) is 2. The van der Waals surface area contributed by atoms with Crippen molar-refractivity contribution < 1.29 is 5.11 Å². The molecule has 0 fully saturated rings. The lowest BCUT2D eigenvalue weighted by Gasteiger charge is -2.22. The first kappa shape index (κ1) is 13.2. The number of aliphatic hydroxyl groups is 1. The number of rotatable bonds is 7. The molecule has 1 aromatic carbocycles. The van der Waals surface area contributed by atoms with Crippen LogP contribution in [0.5, 0.6) is 0 Å². The van der Waals surface area contributed by atoms with Crippen LogP contribution >= 0.6 is 0 Å². The van der Waals surface area contributed by atoms with Crippen LogP contribution in [0.4, 0.5) is 0 Å². The second kappa shape index (κ2) is 7.42. The van der Waals surface area contributed by atoms with Gasteiger partial charge < -0.3 is 5.11 Å². The summed E-state index contributed by atoms with van der Waals surface area (Å²) in [6.07, 6.45) is 1.81. The Balaban J connectivity index is 2.44. The summed E-state index contributed by atoms with van der Waals surface area (Å²) in [5.41, 5.74) is 1.35. The van der Waals surface area contributed by atoms with Gasteiger partial charge in [0.1, 0.15) is 0 Å². The average molecular weight is 221 g/mol. The highest BCUT2D eigenvalue weighted by Crippen LogP contribution is 2.06. The van der Waals surface area contributed by atoms with Gasteiger partial charge in [-0.1, -0.05) is 37.3 Å². The molecule has 0 bridgehead atoms. The van der Waals surface area contributed by atoms with E-state index in [2.05, 4.69) is 36.1 Å². The van der Waals surface area contributed by atoms with E-state index in [9.17, 15) is 5.11 Å². The standard InChI is InChI=1S/C14H23NO/c1-3-10-15(11-9-13(2)16)12-14-7-5-4-6-8-14/h4-8,13,16H,3,9-12H2,1-2H3. The van der Waals surface area contributed by atoms with Gasteiger partial charge in [0.25, 0.3) is 0 Å². The Bertz CT molecular complexity index is 271. The smallest absolute Gasteiger partial charge is 0.0524 e. The molecule has 0 aliphatic heterocycles. The minimum absolute atomic E-state index is 0.199. The lowest BCUT2D eigenvalue weighted by atomic mass is 10.2. The molecule has 0 aliphatic rings. The van der Waals surface area contributed by atoms with Crippen LogP contribution in [-0.4, -0.2) is 29.2 Å². The van der Waals surface area contributed by atoms with Gasteiger partial charge in [0.2, 0.25) is 0 Å².